The molecule has 3 heteroatoms. The minimum Gasteiger partial charge on any atom is -0.490 e. The van der Waals surface area contributed by atoms with Crippen LogP contribution in [0.1, 0.15) is 49.8 Å². The molecular weight excluding hydrogens is 226 g/mol. The predicted octanol–water partition coefficient (Wildman–Crippen LogP) is 2.70. The molecule has 0 aromatic heterocycles. The van der Waals surface area contributed by atoms with Crippen LogP contribution in [0.25, 0.3) is 0 Å². The highest BCUT2D eigenvalue weighted by atomic mass is 16.5. The molecule has 0 saturated heterocycles. The smallest absolute Gasteiger partial charge is 0.124 e. The zero-order valence-electron chi connectivity index (χ0n) is 11.3. The second kappa shape index (κ2) is 5.29. The molecule has 1 aromatic rings. The third kappa shape index (κ3) is 3.03. The molecule has 100 valence electrons. The van der Waals surface area contributed by atoms with Crippen molar-refractivity contribution in [1.82, 2.24) is 0 Å². The molecule has 1 saturated carbocycles. The van der Waals surface area contributed by atoms with Gasteiger partial charge in [0.1, 0.15) is 12.4 Å². The van der Waals surface area contributed by atoms with E-state index in [1.54, 1.807) is 0 Å². The Balaban J connectivity index is 2.09. The van der Waals surface area contributed by atoms with E-state index >= 15 is 0 Å². The molecule has 1 aliphatic rings. The largest absolute Gasteiger partial charge is 0.490 e. The first-order chi connectivity index (χ1) is 8.50. The molecule has 1 aromatic carbocycles. The standard InChI is InChI=1S/C15H23NO2/c1-11-5-6-14(13(9-11)12(2)16)18-10-15(17)7-3-4-8-15/h5-6,9,12,17H,3-4,7-8,10,16H2,1-2H3. The van der Waals surface area contributed by atoms with Crippen LogP contribution >= 0.6 is 0 Å². The van der Waals surface area contributed by atoms with Gasteiger partial charge in [-0.05, 0) is 32.8 Å². The second-order valence-corrected chi connectivity index (χ2v) is 5.55. The van der Waals surface area contributed by atoms with Gasteiger partial charge in [-0.25, -0.2) is 0 Å². The number of aryl methyl sites for hydroxylation is 1. The van der Waals surface area contributed by atoms with Gasteiger partial charge >= 0.3 is 0 Å². The summed E-state index contributed by atoms with van der Waals surface area (Å²) in [6, 6.07) is 5.96. The van der Waals surface area contributed by atoms with Crippen molar-refractivity contribution in [3.63, 3.8) is 0 Å². The average molecular weight is 249 g/mol. The Morgan fingerprint density at radius 3 is 2.67 bits per heavy atom. The number of hydrogen-bond acceptors (Lipinski definition) is 3. The van der Waals surface area contributed by atoms with Crippen LogP contribution < -0.4 is 10.5 Å². The maximum Gasteiger partial charge on any atom is 0.124 e. The number of aliphatic hydroxyl groups is 1. The van der Waals surface area contributed by atoms with Crippen molar-refractivity contribution in [3.8, 4) is 5.75 Å². The van der Waals surface area contributed by atoms with Crippen LogP contribution in [0.5, 0.6) is 5.75 Å². The van der Waals surface area contributed by atoms with Crippen molar-refractivity contribution in [1.29, 1.82) is 0 Å². The van der Waals surface area contributed by atoms with Crippen LogP contribution in [0.15, 0.2) is 18.2 Å². The fourth-order valence-corrected chi connectivity index (χ4v) is 2.54. The summed E-state index contributed by atoms with van der Waals surface area (Å²) in [7, 11) is 0. The zero-order chi connectivity index (χ0) is 13.2. The first kappa shape index (κ1) is 13.4. The van der Waals surface area contributed by atoms with Crippen LogP contribution in [-0.4, -0.2) is 17.3 Å². The highest BCUT2D eigenvalue weighted by Gasteiger charge is 2.32. The van der Waals surface area contributed by atoms with Crippen molar-refractivity contribution >= 4 is 0 Å². The molecule has 1 fully saturated rings. The molecule has 0 bridgehead atoms. The van der Waals surface area contributed by atoms with Crippen molar-refractivity contribution in [3.05, 3.63) is 29.3 Å². The minimum absolute atomic E-state index is 0.0573. The lowest BCUT2D eigenvalue weighted by Gasteiger charge is -2.24. The summed E-state index contributed by atoms with van der Waals surface area (Å²) in [6.45, 7) is 4.36. The summed E-state index contributed by atoms with van der Waals surface area (Å²) in [6.07, 6.45) is 3.86. The van der Waals surface area contributed by atoms with E-state index in [2.05, 4.69) is 6.07 Å². The molecule has 1 aliphatic carbocycles. The molecular formula is C15H23NO2. The van der Waals surface area contributed by atoms with Crippen LogP contribution in [-0.2, 0) is 0 Å². The van der Waals surface area contributed by atoms with Gasteiger partial charge in [0.15, 0.2) is 0 Å². The zero-order valence-corrected chi connectivity index (χ0v) is 11.3. The maximum absolute atomic E-state index is 10.3. The first-order valence-electron chi connectivity index (χ1n) is 6.71. The second-order valence-electron chi connectivity index (χ2n) is 5.55. The highest BCUT2D eigenvalue weighted by molar-refractivity contribution is 5.38. The fourth-order valence-electron chi connectivity index (χ4n) is 2.54. The number of hydrogen-bond donors (Lipinski definition) is 2. The molecule has 1 unspecified atom stereocenters. The molecule has 3 N–H and O–H groups in total. The summed E-state index contributed by atoms with van der Waals surface area (Å²) in [5, 5.41) is 10.3. The molecule has 1 atom stereocenters. The quantitative estimate of drug-likeness (QED) is 0.862. The van der Waals surface area contributed by atoms with E-state index in [1.807, 2.05) is 26.0 Å². The summed E-state index contributed by atoms with van der Waals surface area (Å²) >= 11 is 0. The molecule has 0 amide bonds. The normalized spacial score (nSPS) is 19.8. The SMILES string of the molecule is Cc1ccc(OCC2(O)CCCC2)c(C(C)N)c1. The van der Waals surface area contributed by atoms with Gasteiger partial charge in [-0.2, -0.15) is 0 Å². The van der Waals surface area contributed by atoms with E-state index in [1.165, 1.54) is 5.56 Å². The summed E-state index contributed by atoms with van der Waals surface area (Å²) in [5.41, 5.74) is 7.50. The summed E-state index contributed by atoms with van der Waals surface area (Å²) in [4.78, 5) is 0. The van der Waals surface area contributed by atoms with Gasteiger partial charge < -0.3 is 15.6 Å². The monoisotopic (exact) mass is 249 g/mol. The third-order valence-electron chi connectivity index (χ3n) is 3.69. The lowest BCUT2D eigenvalue weighted by Crippen LogP contribution is -2.32. The van der Waals surface area contributed by atoms with E-state index in [0.717, 1.165) is 37.0 Å². The fraction of sp³-hybridized carbons (Fsp3) is 0.600. The van der Waals surface area contributed by atoms with Gasteiger partial charge in [-0.3, -0.25) is 0 Å². The predicted molar refractivity (Wildman–Crippen MR) is 72.7 cm³/mol. The van der Waals surface area contributed by atoms with Gasteiger partial charge in [0.05, 0.1) is 5.60 Å². The Hall–Kier alpha value is -1.06. The van der Waals surface area contributed by atoms with E-state index in [0.29, 0.717) is 6.61 Å². The Labute approximate surface area is 109 Å². The minimum atomic E-state index is -0.639. The molecule has 2 rings (SSSR count). The number of nitrogens with two attached hydrogens (primary N) is 1. The first-order valence-corrected chi connectivity index (χ1v) is 6.71. The third-order valence-corrected chi connectivity index (χ3v) is 3.69. The summed E-state index contributed by atoms with van der Waals surface area (Å²) < 4.78 is 5.81. The van der Waals surface area contributed by atoms with Crippen LogP contribution in [0.3, 0.4) is 0 Å². The summed E-state index contributed by atoms with van der Waals surface area (Å²) in [5.74, 6) is 0.802. The Kier molecular flexibility index (Phi) is 3.93. The van der Waals surface area contributed by atoms with E-state index in [-0.39, 0.29) is 6.04 Å². The topological polar surface area (TPSA) is 55.5 Å². The van der Waals surface area contributed by atoms with Crippen molar-refractivity contribution in [2.24, 2.45) is 5.73 Å². The Morgan fingerprint density at radius 2 is 2.06 bits per heavy atom. The molecule has 3 nitrogen and oxygen atoms in total. The molecule has 18 heavy (non-hydrogen) atoms. The lowest BCUT2D eigenvalue weighted by atomic mass is 10.0. The van der Waals surface area contributed by atoms with Crippen LogP contribution in [0, 0.1) is 6.92 Å². The van der Waals surface area contributed by atoms with E-state index in [4.69, 9.17) is 10.5 Å². The van der Waals surface area contributed by atoms with Gasteiger partial charge in [-0.15, -0.1) is 0 Å². The van der Waals surface area contributed by atoms with Crippen molar-refractivity contribution < 1.29 is 9.84 Å². The number of ether oxygens (including phenoxy) is 1. The molecule has 0 heterocycles. The molecule has 0 spiro atoms. The highest BCUT2D eigenvalue weighted by Crippen LogP contribution is 2.31. The van der Waals surface area contributed by atoms with E-state index in [9.17, 15) is 5.11 Å². The van der Waals surface area contributed by atoms with Crippen LogP contribution in [0.4, 0.5) is 0 Å². The number of rotatable bonds is 4. The lowest BCUT2D eigenvalue weighted by molar-refractivity contribution is 0.00105. The maximum atomic E-state index is 10.3. The average Bonchev–Trinajstić information content (AvgIpc) is 2.75. The van der Waals surface area contributed by atoms with Gasteiger partial charge in [0.25, 0.3) is 0 Å². The molecule has 0 radical (unpaired) electrons. The van der Waals surface area contributed by atoms with Crippen LogP contribution in [0.2, 0.25) is 0 Å². The van der Waals surface area contributed by atoms with Gasteiger partial charge in [0, 0.05) is 11.6 Å². The van der Waals surface area contributed by atoms with Crippen molar-refractivity contribution in [2.45, 2.75) is 51.2 Å². The number of benzene rings is 1. The van der Waals surface area contributed by atoms with E-state index < -0.39 is 5.60 Å². The Morgan fingerprint density at radius 1 is 1.39 bits per heavy atom. The van der Waals surface area contributed by atoms with Crippen molar-refractivity contribution in [2.75, 3.05) is 6.61 Å². The van der Waals surface area contributed by atoms with Gasteiger partial charge in [0.2, 0.25) is 0 Å². The Bertz CT molecular complexity index is 409. The van der Waals surface area contributed by atoms with Gasteiger partial charge in [-0.1, -0.05) is 30.5 Å². The molecule has 0 aliphatic heterocycles.